The quantitative estimate of drug-likeness (QED) is 0.769. The summed E-state index contributed by atoms with van der Waals surface area (Å²) >= 11 is 0. The maximum absolute atomic E-state index is 12.5. The number of hydrogen-bond acceptors (Lipinski definition) is 4. The first-order valence-electron chi connectivity index (χ1n) is 9.02. The molecular weight excluding hydrogens is 344 g/mol. The van der Waals surface area contributed by atoms with Crippen LogP contribution in [0.1, 0.15) is 36.0 Å². The van der Waals surface area contributed by atoms with Gasteiger partial charge in [-0.15, -0.1) is 0 Å². The summed E-state index contributed by atoms with van der Waals surface area (Å²) in [6.07, 6.45) is 4.54. The maximum Gasteiger partial charge on any atom is 0.247 e. The molecule has 2 unspecified atom stereocenters. The molecule has 7 heteroatoms. The maximum atomic E-state index is 12.5. The van der Waals surface area contributed by atoms with Gasteiger partial charge in [-0.2, -0.15) is 0 Å². The Labute approximate surface area is 156 Å². The summed E-state index contributed by atoms with van der Waals surface area (Å²) in [7, 11) is 0. The second-order valence-electron chi connectivity index (χ2n) is 6.87. The number of nitrogens with one attached hydrogen (secondary N) is 3. The van der Waals surface area contributed by atoms with Crippen molar-refractivity contribution in [3.05, 3.63) is 53.3 Å². The number of anilines is 2. The normalized spacial score (nSPS) is 20.3. The van der Waals surface area contributed by atoms with Crippen LogP contribution in [0.3, 0.4) is 0 Å². The Balaban J connectivity index is 1.46. The molecular formula is C20H20N4O3. The molecule has 2 aliphatic rings. The third-order valence-corrected chi connectivity index (χ3v) is 5.10. The first-order valence-corrected chi connectivity index (χ1v) is 9.02. The van der Waals surface area contributed by atoms with Crippen molar-refractivity contribution in [2.45, 2.75) is 38.1 Å². The minimum Gasteiger partial charge on any atom is -0.344 e. The van der Waals surface area contributed by atoms with Crippen molar-refractivity contribution in [1.82, 2.24) is 10.3 Å². The number of nitrogens with zero attached hydrogens (tertiary/aromatic N) is 1. The van der Waals surface area contributed by atoms with E-state index in [9.17, 15) is 14.4 Å². The molecule has 0 aliphatic carbocycles. The summed E-state index contributed by atoms with van der Waals surface area (Å²) < 4.78 is 0. The number of amides is 3. The van der Waals surface area contributed by atoms with E-state index >= 15 is 0 Å². The Bertz CT molecular complexity index is 941. The SMILES string of the molecule is CCc1ccc2c(c1)C(CC(=O)NC1Cc3cnccc3NC1=O)C(=O)N2. The molecule has 0 spiro atoms. The third-order valence-electron chi connectivity index (χ3n) is 5.10. The molecule has 0 saturated carbocycles. The summed E-state index contributed by atoms with van der Waals surface area (Å²) in [6.45, 7) is 2.04. The highest BCUT2D eigenvalue weighted by Gasteiger charge is 2.34. The Morgan fingerprint density at radius 3 is 2.81 bits per heavy atom. The molecule has 3 heterocycles. The summed E-state index contributed by atoms with van der Waals surface area (Å²) in [5.41, 5.74) is 4.31. The van der Waals surface area contributed by atoms with E-state index in [2.05, 4.69) is 20.9 Å². The van der Waals surface area contributed by atoms with Crippen molar-refractivity contribution in [3.63, 3.8) is 0 Å². The van der Waals surface area contributed by atoms with Crippen molar-refractivity contribution in [1.29, 1.82) is 0 Å². The van der Waals surface area contributed by atoms with Crippen LogP contribution in [0.5, 0.6) is 0 Å². The fraction of sp³-hybridized carbons (Fsp3) is 0.300. The zero-order valence-electron chi connectivity index (χ0n) is 14.9. The van der Waals surface area contributed by atoms with Gasteiger partial charge in [-0.3, -0.25) is 19.4 Å². The molecule has 1 aromatic carbocycles. The fourth-order valence-corrected chi connectivity index (χ4v) is 3.60. The first kappa shape index (κ1) is 17.2. The highest BCUT2D eigenvalue weighted by Crippen LogP contribution is 2.35. The van der Waals surface area contributed by atoms with Crippen molar-refractivity contribution in [3.8, 4) is 0 Å². The largest absolute Gasteiger partial charge is 0.344 e. The molecule has 3 amide bonds. The highest BCUT2D eigenvalue weighted by molar-refractivity contribution is 6.05. The van der Waals surface area contributed by atoms with E-state index < -0.39 is 12.0 Å². The molecule has 0 fully saturated rings. The number of pyridine rings is 1. The van der Waals surface area contributed by atoms with Gasteiger partial charge in [0.25, 0.3) is 0 Å². The number of hydrogen-bond donors (Lipinski definition) is 3. The van der Waals surface area contributed by atoms with E-state index in [1.807, 2.05) is 25.1 Å². The average Bonchev–Trinajstić information content (AvgIpc) is 2.97. The van der Waals surface area contributed by atoms with Crippen molar-refractivity contribution >= 4 is 29.1 Å². The molecule has 0 radical (unpaired) electrons. The Kier molecular flexibility index (Phi) is 4.35. The van der Waals surface area contributed by atoms with Crippen molar-refractivity contribution in [2.24, 2.45) is 0 Å². The predicted octanol–water partition coefficient (Wildman–Crippen LogP) is 1.75. The molecule has 0 saturated heterocycles. The average molecular weight is 364 g/mol. The third kappa shape index (κ3) is 3.28. The van der Waals surface area contributed by atoms with Gasteiger partial charge in [-0.05, 0) is 35.2 Å². The van der Waals surface area contributed by atoms with Gasteiger partial charge in [0.05, 0.1) is 5.92 Å². The number of aromatic nitrogens is 1. The standard InChI is InChI=1S/C20H20N4O3/c1-2-11-3-4-16-13(7-11)14(19(26)24-16)9-18(25)22-17-8-12-10-21-6-5-15(12)23-20(17)27/h3-7,10,14,17H,2,8-9H2,1H3,(H,22,25)(H,23,27)(H,24,26). The molecule has 3 N–H and O–H groups in total. The number of aryl methyl sites for hydroxylation is 1. The summed E-state index contributed by atoms with van der Waals surface area (Å²) in [5.74, 6) is -1.30. The smallest absolute Gasteiger partial charge is 0.247 e. The van der Waals surface area contributed by atoms with Crippen LogP contribution in [0.25, 0.3) is 0 Å². The van der Waals surface area contributed by atoms with Crippen LogP contribution in [0.2, 0.25) is 0 Å². The number of carbonyl (C=O) groups excluding carboxylic acids is 3. The van der Waals surface area contributed by atoms with Gasteiger partial charge in [0.1, 0.15) is 6.04 Å². The van der Waals surface area contributed by atoms with Gasteiger partial charge < -0.3 is 16.0 Å². The number of carbonyl (C=O) groups is 3. The van der Waals surface area contributed by atoms with Gasteiger partial charge in [-0.1, -0.05) is 19.1 Å². The van der Waals surface area contributed by atoms with E-state index in [-0.39, 0.29) is 24.1 Å². The zero-order chi connectivity index (χ0) is 19.0. The van der Waals surface area contributed by atoms with Gasteiger partial charge in [0, 0.05) is 36.6 Å². The number of fused-ring (bicyclic) bond motifs is 2. The molecule has 4 rings (SSSR count). The van der Waals surface area contributed by atoms with E-state index in [4.69, 9.17) is 0 Å². The lowest BCUT2D eigenvalue weighted by Crippen LogP contribution is -2.48. The van der Waals surface area contributed by atoms with E-state index in [0.29, 0.717) is 6.42 Å². The molecule has 0 bridgehead atoms. The zero-order valence-corrected chi connectivity index (χ0v) is 14.9. The number of benzene rings is 1. The molecule has 2 aliphatic heterocycles. The molecule has 138 valence electrons. The van der Waals surface area contributed by atoms with Gasteiger partial charge in [0.2, 0.25) is 17.7 Å². The predicted molar refractivity (Wildman–Crippen MR) is 100 cm³/mol. The second kappa shape index (κ2) is 6.83. The Morgan fingerprint density at radius 1 is 1.19 bits per heavy atom. The lowest BCUT2D eigenvalue weighted by Gasteiger charge is -2.25. The lowest BCUT2D eigenvalue weighted by molar-refractivity contribution is -0.128. The van der Waals surface area contributed by atoms with E-state index in [1.165, 1.54) is 0 Å². The Morgan fingerprint density at radius 2 is 2.00 bits per heavy atom. The van der Waals surface area contributed by atoms with E-state index in [0.717, 1.165) is 34.5 Å². The summed E-state index contributed by atoms with van der Waals surface area (Å²) in [4.78, 5) is 41.2. The monoisotopic (exact) mass is 364 g/mol. The highest BCUT2D eigenvalue weighted by atomic mass is 16.2. The second-order valence-corrected chi connectivity index (χ2v) is 6.87. The van der Waals surface area contributed by atoms with Crippen LogP contribution in [0.4, 0.5) is 11.4 Å². The number of rotatable bonds is 4. The van der Waals surface area contributed by atoms with Crippen LogP contribution in [-0.4, -0.2) is 28.7 Å². The van der Waals surface area contributed by atoms with Crippen molar-refractivity contribution < 1.29 is 14.4 Å². The van der Waals surface area contributed by atoms with Crippen LogP contribution in [-0.2, 0) is 27.2 Å². The first-order chi connectivity index (χ1) is 13.0. The topological polar surface area (TPSA) is 100 Å². The van der Waals surface area contributed by atoms with E-state index in [1.54, 1.807) is 18.5 Å². The summed E-state index contributed by atoms with van der Waals surface area (Å²) in [6, 6.07) is 6.89. The van der Waals surface area contributed by atoms with Crippen LogP contribution >= 0.6 is 0 Å². The molecule has 1 aromatic heterocycles. The van der Waals surface area contributed by atoms with Crippen LogP contribution in [0.15, 0.2) is 36.7 Å². The van der Waals surface area contributed by atoms with Crippen molar-refractivity contribution in [2.75, 3.05) is 10.6 Å². The van der Waals surface area contributed by atoms with Gasteiger partial charge in [-0.25, -0.2) is 0 Å². The minimum absolute atomic E-state index is 0.00960. The van der Waals surface area contributed by atoms with Crippen LogP contribution in [0, 0.1) is 0 Å². The molecule has 2 atom stereocenters. The van der Waals surface area contributed by atoms with Gasteiger partial charge in [0.15, 0.2) is 0 Å². The minimum atomic E-state index is -0.667. The Hall–Kier alpha value is -3.22. The molecule has 7 nitrogen and oxygen atoms in total. The lowest BCUT2D eigenvalue weighted by atomic mass is 9.94. The molecule has 27 heavy (non-hydrogen) atoms. The van der Waals surface area contributed by atoms with Crippen LogP contribution < -0.4 is 16.0 Å². The fourth-order valence-electron chi connectivity index (χ4n) is 3.60. The summed E-state index contributed by atoms with van der Waals surface area (Å²) in [5, 5.41) is 8.36. The molecule has 2 aromatic rings. The van der Waals surface area contributed by atoms with Gasteiger partial charge >= 0.3 is 0 Å².